The van der Waals surface area contributed by atoms with Gasteiger partial charge >= 0.3 is 11.7 Å². The van der Waals surface area contributed by atoms with E-state index in [9.17, 15) is 9.59 Å². The van der Waals surface area contributed by atoms with Crippen molar-refractivity contribution in [2.45, 2.75) is 6.92 Å². The van der Waals surface area contributed by atoms with Gasteiger partial charge in [-0.15, -0.1) is 0 Å². The van der Waals surface area contributed by atoms with Gasteiger partial charge < -0.3 is 4.90 Å². The molecular formula is C16H17N5O2. The van der Waals surface area contributed by atoms with Gasteiger partial charge in [0.2, 0.25) is 0 Å². The van der Waals surface area contributed by atoms with E-state index >= 15 is 0 Å². The molecule has 0 radical (unpaired) electrons. The highest BCUT2D eigenvalue weighted by molar-refractivity contribution is 5.87. The molecule has 0 atom stereocenters. The number of fused-ring (bicyclic) bond motifs is 1. The molecule has 1 amide bonds. The van der Waals surface area contributed by atoms with Gasteiger partial charge in [-0.2, -0.15) is 4.57 Å². The maximum absolute atomic E-state index is 12.5. The SMILES string of the molecule is CCN(C)C(=O)n1c(=O)n(C)c2cnc(-c3ccccc3)nc21. The van der Waals surface area contributed by atoms with E-state index in [-0.39, 0.29) is 0 Å². The number of carbonyl (C=O) groups excluding carboxylic acids is 1. The maximum Gasteiger partial charge on any atom is 0.338 e. The van der Waals surface area contributed by atoms with E-state index in [0.717, 1.165) is 10.1 Å². The molecular weight excluding hydrogens is 294 g/mol. The highest BCUT2D eigenvalue weighted by atomic mass is 16.2. The number of imidazole rings is 1. The number of hydrogen-bond acceptors (Lipinski definition) is 4. The summed E-state index contributed by atoms with van der Waals surface area (Å²) in [6.07, 6.45) is 1.57. The zero-order valence-electron chi connectivity index (χ0n) is 13.2. The highest BCUT2D eigenvalue weighted by Gasteiger charge is 2.21. The predicted molar refractivity (Wildman–Crippen MR) is 87.3 cm³/mol. The average Bonchev–Trinajstić information content (AvgIpc) is 2.85. The predicted octanol–water partition coefficient (Wildman–Crippen LogP) is 1.72. The minimum Gasteiger partial charge on any atom is -0.327 e. The third-order valence-corrected chi connectivity index (χ3v) is 3.83. The van der Waals surface area contributed by atoms with Gasteiger partial charge in [0.25, 0.3) is 0 Å². The molecule has 23 heavy (non-hydrogen) atoms. The van der Waals surface area contributed by atoms with E-state index in [4.69, 9.17) is 0 Å². The highest BCUT2D eigenvalue weighted by Crippen LogP contribution is 2.17. The standard InChI is InChI=1S/C16H17N5O2/c1-4-19(2)15(22)21-14-12(20(3)16(21)23)10-17-13(18-14)11-8-6-5-7-9-11/h5-10H,4H2,1-3H3. The monoisotopic (exact) mass is 311 g/mol. The topological polar surface area (TPSA) is 73.0 Å². The molecule has 0 saturated heterocycles. The van der Waals surface area contributed by atoms with Crippen LogP contribution in [0.2, 0.25) is 0 Å². The second-order valence-electron chi connectivity index (χ2n) is 5.24. The summed E-state index contributed by atoms with van der Waals surface area (Å²) < 4.78 is 2.47. The Morgan fingerprint density at radius 1 is 1.26 bits per heavy atom. The second-order valence-corrected chi connectivity index (χ2v) is 5.24. The molecule has 0 aliphatic carbocycles. The van der Waals surface area contributed by atoms with Crippen molar-refractivity contribution in [3.8, 4) is 11.4 Å². The van der Waals surface area contributed by atoms with Crippen LogP contribution in [0, 0.1) is 0 Å². The fourth-order valence-electron chi connectivity index (χ4n) is 2.32. The number of hydrogen-bond donors (Lipinski definition) is 0. The fraction of sp³-hybridized carbons (Fsp3) is 0.250. The molecule has 1 aromatic carbocycles. The molecule has 7 nitrogen and oxygen atoms in total. The summed E-state index contributed by atoms with van der Waals surface area (Å²) in [6.45, 7) is 2.34. The van der Waals surface area contributed by atoms with Gasteiger partial charge in [0, 0.05) is 26.2 Å². The number of aryl methyl sites for hydroxylation is 1. The first-order valence-corrected chi connectivity index (χ1v) is 7.30. The van der Waals surface area contributed by atoms with Crippen molar-refractivity contribution >= 4 is 17.2 Å². The van der Waals surface area contributed by atoms with Crippen LogP contribution in [0.25, 0.3) is 22.6 Å². The second kappa shape index (κ2) is 5.68. The normalized spacial score (nSPS) is 10.9. The van der Waals surface area contributed by atoms with Crippen molar-refractivity contribution in [3.05, 3.63) is 47.0 Å². The van der Waals surface area contributed by atoms with Gasteiger partial charge in [0.15, 0.2) is 11.5 Å². The number of carbonyl (C=O) groups is 1. The summed E-state index contributed by atoms with van der Waals surface area (Å²) in [5.74, 6) is 0.476. The van der Waals surface area contributed by atoms with Crippen molar-refractivity contribution < 1.29 is 4.79 Å². The third-order valence-electron chi connectivity index (χ3n) is 3.83. The molecule has 3 aromatic rings. The molecule has 0 N–H and O–H groups in total. The zero-order chi connectivity index (χ0) is 16.6. The van der Waals surface area contributed by atoms with E-state index in [0.29, 0.717) is 23.5 Å². The largest absolute Gasteiger partial charge is 0.338 e. The average molecular weight is 311 g/mol. The first-order chi connectivity index (χ1) is 11.0. The Bertz CT molecular complexity index is 927. The maximum atomic E-state index is 12.5. The number of rotatable bonds is 2. The molecule has 0 fully saturated rings. The fourth-order valence-corrected chi connectivity index (χ4v) is 2.32. The molecule has 0 aliphatic rings. The summed E-state index contributed by atoms with van der Waals surface area (Å²) in [5.41, 5.74) is 1.24. The molecule has 0 bridgehead atoms. The van der Waals surface area contributed by atoms with Crippen molar-refractivity contribution in [1.29, 1.82) is 0 Å². The van der Waals surface area contributed by atoms with Crippen LogP contribution in [0.3, 0.4) is 0 Å². The lowest BCUT2D eigenvalue weighted by atomic mass is 10.2. The van der Waals surface area contributed by atoms with Crippen LogP contribution in [0.5, 0.6) is 0 Å². The molecule has 0 unspecified atom stereocenters. The molecule has 2 heterocycles. The quantitative estimate of drug-likeness (QED) is 0.722. The number of amides is 1. The molecule has 118 valence electrons. The van der Waals surface area contributed by atoms with Gasteiger partial charge in [-0.05, 0) is 6.92 Å². The van der Waals surface area contributed by atoms with Crippen LogP contribution < -0.4 is 5.69 Å². The number of benzene rings is 1. The van der Waals surface area contributed by atoms with E-state index in [2.05, 4.69) is 9.97 Å². The van der Waals surface area contributed by atoms with Gasteiger partial charge in [-0.25, -0.2) is 19.6 Å². The van der Waals surface area contributed by atoms with Crippen molar-refractivity contribution in [1.82, 2.24) is 24.0 Å². The van der Waals surface area contributed by atoms with Gasteiger partial charge in [0.05, 0.1) is 6.20 Å². The lowest BCUT2D eigenvalue weighted by Crippen LogP contribution is -2.37. The van der Waals surface area contributed by atoms with Crippen LogP contribution >= 0.6 is 0 Å². The first kappa shape index (κ1) is 15.0. The lowest BCUT2D eigenvalue weighted by Gasteiger charge is -2.14. The summed E-state index contributed by atoms with van der Waals surface area (Å²) in [7, 11) is 3.25. The van der Waals surface area contributed by atoms with Crippen LogP contribution in [-0.4, -0.2) is 43.6 Å². The Labute approximate surface area is 132 Å². The molecule has 7 heteroatoms. The summed E-state index contributed by atoms with van der Waals surface area (Å²) in [6, 6.07) is 9.04. The van der Waals surface area contributed by atoms with Gasteiger partial charge in [0.1, 0.15) is 5.52 Å². The van der Waals surface area contributed by atoms with E-state index in [1.165, 1.54) is 9.47 Å². The smallest absolute Gasteiger partial charge is 0.327 e. The number of aromatic nitrogens is 4. The van der Waals surface area contributed by atoms with Crippen LogP contribution in [0.4, 0.5) is 4.79 Å². The summed E-state index contributed by atoms with van der Waals surface area (Å²) >= 11 is 0. The number of nitrogens with zero attached hydrogens (tertiary/aromatic N) is 5. The Hall–Kier alpha value is -2.96. The minimum atomic E-state index is -0.426. The third kappa shape index (κ3) is 2.40. The van der Waals surface area contributed by atoms with Gasteiger partial charge in [-0.3, -0.25) is 4.57 Å². The lowest BCUT2D eigenvalue weighted by molar-refractivity contribution is 0.212. The first-order valence-electron chi connectivity index (χ1n) is 7.30. The molecule has 3 rings (SSSR count). The van der Waals surface area contributed by atoms with Crippen LogP contribution in [0.1, 0.15) is 6.92 Å². The van der Waals surface area contributed by atoms with Gasteiger partial charge in [-0.1, -0.05) is 30.3 Å². The Morgan fingerprint density at radius 3 is 2.61 bits per heavy atom. The van der Waals surface area contributed by atoms with Crippen molar-refractivity contribution in [2.24, 2.45) is 7.05 Å². The Morgan fingerprint density at radius 2 is 1.96 bits per heavy atom. The van der Waals surface area contributed by atoms with E-state index in [1.54, 1.807) is 20.3 Å². The van der Waals surface area contributed by atoms with Crippen molar-refractivity contribution in [3.63, 3.8) is 0 Å². The molecule has 0 saturated carbocycles. The van der Waals surface area contributed by atoms with Crippen LogP contribution in [-0.2, 0) is 7.05 Å². The minimum absolute atomic E-state index is 0.316. The summed E-state index contributed by atoms with van der Waals surface area (Å²) in [5, 5.41) is 0. The summed E-state index contributed by atoms with van der Waals surface area (Å²) in [4.78, 5) is 35.1. The van der Waals surface area contributed by atoms with E-state index in [1.807, 2.05) is 37.3 Å². The van der Waals surface area contributed by atoms with Crippen LogP contribution in [0.15, 0.2) is 41.3 Å². The molecule has 0 aliphatic heterocycles. The Kier molecular flexibility index (Phi) is 3.69. The molecule has 2 aromatic heterocycles. The van der Waals surface area contributed by atoms with Crippen molar-refractivity contribution in [2.75, 3.05) is 13.6 Å². The molecule has 0 spiro atoms. The zero-order valence-corrected chi connectivity index (χ0v) is 13.2. The Balaban J connectivity index is 2.26. The van der Waals surface area contributed by atoms with E-state index < -0.39 is 11.7 Å².